The van der Waals surface area contributed by atoms with Crippen molar-refractivity contribution >= 4 is 39.6 Å². The Bertz CT molecular complexity index is 1270. The molecular formula is C24H24F2IN3O3. The van der Waals surface area contributed by atoms with Crippen LogP contribution in [0.25, 0.3) is 16.6 Å². The predicted octanol–water partition coefficient (Wildman–Crippen LogP) is 6.00. The Morgan fingerprint density at radius 1 is 1.21 bits per heavy atom. The van der Waals surface area contributed by atoms with Gasteiger partial charge in [0, 0.05) is 15.7 Å². The van der Waals surface area contributed by atoms with Gasteiger partial charge in [0.2, 0.25) is 0 Å². The highest BCUT2D eigenvalue weighted by molar-refractivity contribution is 14.1. The molecule has 1 atom stereocenters. The number of benzene rings is 2. The number of carbonyl (C=O) groups excluding carboxylic acids is 1. The van der Waals surface area contributed by atoms with Gasteiger partial charge in [-0.15, -0.1) is 0 Å². The molecule has 0 N–H and O–H groups in total. The summed E-state index contributed by atoms with van der Waals surface area (Å²) in [6.45, 7) is 5.82. The van der Waals surface area contributed by atoms with Crippen LogP contribution in [0.2, 0.25) is 0 Å². The average Bonchev–Trinajstić information content (AvgIpc) is 3.23. The Balaban J connectivity index is 1.94. The third kappa shape index (κ3) is 4.73. The summed E-state index contributed by atoms with van der Waals surface area (Å²) in [5, 5.41) is 0.384. The maximum Gasteiger partial charge on any atom is 0.410 e. The summed E-state index contributed by atoms with van der Waals surface area (Å²) >= 11 is 2.12. The van der Waals surface area contributed by atoms with E-state index in [-0.39, 0.29) is 16.8 Å². The SMILES string of the molecule is CC(C)(C)OC(=O)N1CCC[C@H]1c1nc2c(I)cccc2c(=O)n1-c1cccc(C(F)F)c1. The van der Waals surface area contributed by atoms with Crippen molar-refractivity contribution in [2.75, 3.05) is 6.54 Å². The van der Waals surface area contributed by atoms with E-state index >= 15 is 0 Å². The van der Waals surface area contributed by atoms with E-state index in [1.54, 1.807) is 43.9 Å². The van der Waals surface area contributed by atoms with Crippen LogP contribution in [0.5, 0.6) is 0 Å². The first kappa shape index (κ1) is 23.6. The van der Waals surface area contributed by atoms with Crippen molar-refractivity contribution in [1.29, 1.82) is 0 Å². The highest BCUT2D eigenvalue weighted by Crippen LogP contribution is 2.34. The van der Waals surface area contributed by atoms with Crippen LogP contribution >= 0.6 is 22.6 Å². The summed E-state index contributed by atoms with van der Waals surface area (Å²) in [5.41, 5.74) is -0.422. The van der Waals surface area contributed by atoms with Crippen molar-refractivity contribution in [3.05, 3.63) is 67.8 Å². The van der Waals surface area contributed by atoms with Crippen molar-refractivity contribution in [3.63, 3.8) is 0 Å². The molecule has 1 amide bonds. The van der Waals surface area contributed by atoms with E-state index in [0.29, 0.717) is 36.1 Å². The molecule has 6 nitrogen and oxygen atoms in total. The second-order valence-corrected chi connectivity index (χ2v) is 10.1. The standard InChI is InChI=1S/C24H24F2IN3O3/c1-24(2,3)33-23(32)29-12-6-11-18(29)21-28-19-16(9-5-10-17(19)27)22(31)30(21)15-8-4-7-14(13-15)20(25)26/h4-5,7-10,13,18,20H,6,11-12H2,1-3H3/t18-/m0/s1. The minimum absolute atomic E-state index is 0.191. The molecule has 0 saturated carbocycles. The molecular weight excluding hydrogens is 543 g/mol. The van der Waals surface area contributed by atoms with Crippen molar-refractivity contribution in [1.82, 2.24) is 14.5 Å². The second kappa shape index (κ2) is 9.00. The summed E-state index contributed by atoms with van der Waals surface area (Å²) in [6, 6.07) is 10.5. The number of likely N-dealkylation sites (tertiary alicyclic amines) is 1. The Hall–Kier alpha value is -2.56. The Morgan fingerprint density at radius 3 is 2.64 bits per heavy atom. The largest absolute Gasteiger partial charge is 0.444 e. The van der Waals surface area contributed by atoms with Gasteiger partial charge in [0.1, 0.15) is 11.4 Å². The lowest BCUT2D eigenvalue weighted by atomic mass is 10.1. The molecule has 0 aliphatic carbocycles. The second-order valence-electron chi connectivity index (χ2n) is 8.97. The van der Waals surface area contributed by atoms with E-state index in [0.717, 1.165) is 3.57 Å². The third-order valence-electron chi connectivity index (χ3n) is 5.43. The lowest BCUT2D eigenvalue weighted by molar-refractivity contribution is 0.0216. The highest BCUT2D eigenvalue weighted by Gasteiger charge is 2.36. The fourth-order valence-electron chi connectivity index (χ4n) is 4.04. The summed E-state index contributed by atoms with van der Waals surface area (Å²) in [5.74, 6) is 0.339. The van der Waals surface area contributed by atoms with Crippen molar-refractivity contribution < 1.29 is 18.3 Å². The molecule has 2 aromatic carbocycles. The smallest absolute Gasteiger partial charge is 0.410 e. The molecule has 3 aromatic rings. The van der Waals surface area contributed by atoms with Gasteiger partial charge in [-0.05, 0) is 80.5 Å². The molecule has 1 fully saturated rings. The molecule has 9 heteroatoms. The normalized spacial score (nSPS) is 16.6. The van der Waals surface area contributed by atoms with Gasteiger partial charge in [0.15, 0.2) is 0 Å². The molecule has 33 heavy (non-hydrogen) atoms. The monoisotopic (exact) mass is 567 g/mol. The Morgan fingerprint density at radius 2 is 1.94 bits per heavy atom. The van der Waals surface area contributed by atoms with Gasteiger partial charge in [-0.25, -0.2) is 18.6 Å². The molecule has 2 heterocycles. The van der Waals surface area contributed by atoms with E-state index in [1.165, 1.54) is 22.8 Å². The number of nitrogens with zero attached hydrogens (tertiary/aromatic N) is 3. The fourth-order valence-corrected chi connectivity index (χ4v) is 4.66. The first-order valence-electron chi connectivity index (χ1n) is 10.7. The predicted molar refractivity (Wildman–Crippen MR) is 130 cm³/mol. The molecule has 174 valence electrons. The maximum absolute atomic E-state index is 13.6. The van der Waals surface area contributed by atoms with Gasteiger partial charge in [0.25, 0.3) is 12.0 Å². The van der Waals surface area contributed by atoms with Crippen molar-refractivity contribution in [2.45, 2.75) is 51.7 Å². The number of carbonyl (C=O) groups is 1. The number of ether oxygens (including phenoxy) is 1. The quantitative estimate of drug-likeness (QED) is 0.365. The minimum atomic E-state index is -2.68. The Kier molecular flexibility index (Phi) is 6.43. The Labute approximate surface area is 203 Å². The number of rotatable bonds is 3. The molecule has 1 aliphatic heterocycles. The number of hydrogen-bond acceptors (Lipinski definition) is 4. The van der Waals surface area contributed by atoms with Crippen LogP contribution in [0.1, 0.15) is 57.5 Å². The molecule has 1 aromatic heterocycles. The van der Waals surface area contributed by atoms with Gasteiger partial charge in [-0.3, -0.25) is 14.3 Å². The minimum Gasteiger partial charge on any atom is -0.444 e. The number of fused-ring (bicyclic) bond motifs is 1. The molecule has 0 spiro atoms. The third-order valence-corrected chi connectivity index (χ3v) is 6.31. The fraction of sp³-hybridized carbons (Fsp3) is 0.375. The molecule has 0 bridgehead atoms. The summed E-state index contributed by atoms with van der Waals surface area (Å²) < 4.78 is 34.6. The zero-order chi connectivity index (χ0) is 23.9. The van der Waals surface area contributed by atoms with Gasteiger partial charge in [-0.2, -0.15) is 0 Å². The molecule has 1 aliphatic rings. The molecule has 0 radical (unpaired) electrons. The van der Waals surface area contributed by atoms with Crippen LogP contribution in [0.15, 0.2) is 47.3 Å². The topological polar surface area (TPSA) is 64.4 Å². The van der Waals surface area contributed by atoms with Gasteiger partial charge in [0.05, 0.1) is 22.6 Å². The van der Waals surface area contributed by atoms with Crippen LogP contribution in [0.3, 0.4) is 0 Å². The number of amides is 1. The van der Waals surface area contributed by atoms with Crippen molar-refractivity contribution in [2.24, 2.45) is 0 Å². The molecule has 1 saturated heterocycles. The van der Waals surface area contributed by atoms with Crippen LogP contribution in [-0.2, 0) is 4.74 Å². The van der Waals surface area contributed by atoms with E-state index < -0.39 is 24.2 Å². The maximum atomic E-state index is 13.6. The number of halogens is 3. The van der Waals surface area contributed by atoms with Gasteiger partial charge in [-0.1, -0.05) is 18.2 Å². The zero-order valence-corrected chi connectivity index (χ0v) is 20.7. The van der Waals surface area contributed by atoms with Crippen LogP contribution in [0.4, 0.5) is 13.6 Å². The number of aromatic nitrogens is 2. The van der Waals surface area contributed by atoms with E-state index in [4.69, 9.17) is 9.72 Å². The van der Waals surface area contributed by atoms with Crippen molar-refractivity contribution in [3.8, 4) is 5.69 Å². The van der Waals surface area contributed by atoms with Crippen LogP contribution in [-0.4, -0.2) is 32.7 Å². The number of hydrogen-bond donors (Lipinski definition) is 0. The highest BCUT2D eigenvalue weighted by atomic mass is 127. The summed E-state index contributed by atoms with van der Waals surface area (Å²) in [7, 11) is 0. The molecule has 4 rings (SSSR count). The number of para-hydroxylation sites is 1. The van der Waals surface area contributed by atoms with Gasteiger partial charge < -0.3 is 4.74 Å². The lowest BCUT2D eigenvalue weighted by Crippen LogP contribution is -2.38. The summed E-state index contributed by atoms with van der Waals surface area (Å²) in [6.07, 6.45) is -1.88. The lowest BCUT2D eigenvalue weighted by Gasteiger charge is -2.29. The first-order chi connectivity index (χ1) is 15.6. The first-order valence-corrected chi connectivity index (χ1v) is 11.7. The van der Waals surface area contributed by atoms with Crippen LogP contribution < -0.4 is 5.56 Å². The molecule has 0 unspecified atom stereocenters. The zero-order valence-electron chi connectivity index (χ0n) is 18.5. The summed E-state index contributed by atoms with van der Waals surface area (Å²) in [4.78, 5) is 33.0. The van der Waals surface area contributed by atoms with E-state index in [9.17, 15) is 18.4 Å². The van der Waals surface area contributed by atoms with Gasteiger partial charge >= 0.3 is 6.09 Å². The van der Waals surface area contributed by atoms with E-state index in [1.807, 2.05) is 6.07 Å². The van der Waals surface area contributed by atoms with Crippen LogP contribution in [0, 0.1) is 3.57 Å². The number of alkyl halides is 2. The van der Waals surface area contributed by atoms with E-state index in [2.05, 4.69) is 22.6 Å². The average molecular weight is 567 g/mol.